The van der Waals surface area contributed by atoms with Crippen LogP contribution in [0.15, 0.2) is 18.2 Å². The van der Waals surface area contributed by atoms with Crippen LogP contribution in [0.4, 0.5) is 24.5 Å². The molecule has 4 nitrogen and oxygen atoms in total. The molecular weight excluding hydrogens is 273 g/mol. The minimum absolute atomic E-state index is 0.0234. The van der Waals surface area contributed by atoms with Crippen molar-refractivity contribution in [1.82, 2.24) is 0 Å². The van der Waals surface area contributed by atoms with Crippen molar-refractivity contribution in [3.05, 3.63) is 23.8 Å². The second-order valence-corrected chi connectivity index (χ2v) is 4.73. The Balaban J connectivity index is 2.22. The largest absolute Gasteiger partial charge is 0.462 e. The zero-order chi connectivity index (χ0) is 15.0. The lowest BCUT2D eigenvalue weighted by Crippen LogP contribution is -2.38. The fraction of sp³-hybridized carbons (Fsp3) is 0.462. The number of nitrogen functional groups attached to an aromatic ring is 1. The summed E-state index contributed by atoms with van der Waals surface area (Å²) >= 11 is 0. The van der Waals surface area contributed by atoms with Crippen LogP contribution < -0.4 is 11.1 Å². The third-order valence-electron chi connectivity index (χ3n) is 3.22. The molecule has 0 heterocycles. The van der Waals surface area contributed by atoms with Crippen molar-refractivity contribution in [1.29, 1.82) is 0 Å². The molecule has 0 unspecified atom stereocenters. The van der Waals surface area contributed by atoms with E-state index in [1.54, 1.807) is 6.92 Å². The Hall–Kier alpha value is -1.92. The number of benzene rings is 1. The maximum absolute atomic E-state index is 12.9. The second-order valence-electron chi connectivity index (χ2n) is 4.73. The average molecular weight is 288 g/mol. The molecule has 20 heavy (non-hydrogen) atoms. The van der Waals surface area contributed by atoms with Crippen molar-refractivity contribution in [3.63, 3.8) is 0 Å². The minimum atomic E-state index is -4.32. The van der Waals surface area contributed by atoms with Crippen LogP contribution in [0.25, 0.3) is 0 Å². The van der Waals surface area contributed by atoms with Gasteiger partial charge in [0.15, 0.2) is 0 Å². The van der Waals surface area contributed by atoms with Crippen LogP contribution in [0.1, 0.15) is 30.1 Å². The van der Waals surface area contributed by atoms with E-state index in [4.69, 9.17) is 10.5 Å². The number of ether oxygens (including phenoxy) is 1. The number of nitrogens with one attached hydrogen (secondary N) is 1. The summed E-state index contributed by atoms with van der Waals surface area (Å²) in [7, 11) is 0. The Bertz CT molecular complexity index is 525. The first kappa shape index (κ1) is 14.5. The summed E-state index contributed by atoms with van der Waals surface area (Å²) in [6.07, 6.45) is -4.27. The first-order valence-corrected chi connectivity index (χ1v) is 6.20. The molecule has 1 aliphatic rings. The zero-order valence-corrected chi connectivity index (χ0v) is 10.9. The van der Waals surface area contributed by atoms with E-state index in [0.717, 1.165) is 0 Å². The highest BCUT2D eigenvalue weighted by Gasteiger charge is 2.63. The van der Waals surface area contributed by atoms with Gasteiger partial charge < -0.3 is 15.8 Å². The molecule has 0 saturated heterocycles. The van der Waals surface area contributed by atoms with Crippen molar-refractivity contribution in [2.75, 3.05) is 17.7 Å². The molecule has 1 aromatic rings. The standard InChI is InChI=1S/C13H15F3N2O2/c1-2-20-11(19)9-7-8(3-4-10(9)17)18-12(5-6-12)13(14,15)16/h3-4,7,18H,2,5-6,17H2,1H3. The highest BCUT2D eigenvalue weighted by Crippen LogP contribution is 2.51. The first-order valence-electron chi connectivity index (χ1n) is 6.20. The molecule has 0 aliphatic heterocycles. The average Bonchev–Trinajstić information content (AvgIpc) is 3.12. The Morgan fingerprint density at radius 3 is 2.60 bits per heavy atom. The molecule has 1 fully saturated rings. The number of carbonyl (C=O) groups excluding carboxylic acids is 1. The SMILES string of the molecule is CCOC(=O)c1cc(NC2(C(F)(F)F)CC2)ccc1N. The smallest absolute Gasteiger partial charge is 0.411 e. The van der Waals surface area contributed by atoms with Crippen LogP contribution in [-0.4, -0.2) is 24.3 Å². The summed E-state index contributed by atoms with van der Waals surface area (Å²) in [5.74, 6) is -0.648. The van der Waals surface area contributed by atoms with Crippen molar-refractivity contribution in [3.8, 4) is 0 Å². The molecule has 1 aromatic carbocycles. The van der Waals surface area contributed by atoms with Crippen molar-refractivity contribution in [2.24, 2.45) is 0 Å². The molecule has 1 saturated carbocycles. The van der Waals surface area contributed by atoms with Crippen molar-refractivity contribution in [2.45, 2.75) is 31.5 Å². The van der Waals surface area contributed by atoms with E-state index in [0.29, 0.717) is 0 Å². The predicted octanol–water partition coefficient (Wildman–Crippen LogP) is 2.95. The molecule has 0 atom stereocenters. The topological polar surface area (TPSA) is 64.3 Å². The van der Waals surface area contributed by atoms with E-state index in [2.05, 4.69) is 5.32 Å². The van der Waals surface area contributed by atoms with Gasteiger partial charge in [-0.25, -0.2) is 4.79 Å². The maximum Gasteiger partial charge on any atom is 0.411 e. The number of halogens is 3. The van der Waals surface area contributed by atoms with Crippen molar-refractivity contribution >= 4 is 17.3 Å². The highest BCUT2D eigenvalue weighted by atomic mass is 19.4. The maximum atomic E-state index is 12.9. The first-order chi connectivity index (χ1) is 9.29. The van der Waals surface area contributed by atoms with Gasteiger partial charge in [0.2, 0.25) is 0 Å². The van der Waals surface area contributed by atoms with E-state index < -0.39 is 17.7 Å². The van der Waals surface area contributed by atoms with Crippen LogP contribution in [-0.2, 0) is 4.74 Å². The van der Waals surface area contributed by atoms with Gasteiger partial charge in [-0.15, -0.1) is 0 Å². The molecule has 0 aromatic heterocycles. The molecule has 1 aliphatic carbocycles. The van der Waals surface area contributed by atoms with Crippen LogP contribution in [0, 0.1) is 0 Å². The highest BCUT2D eigenvalue weighted by molar-refractivity contribution is 5.96. The molecule has 0 amide bonds. The van der Waals surface area contributed by atoms with Crippen molar-refractivity contribution < 1.29 is 22.7 Å². The van der Waals surface area contributed by atoms with Gasteiger partial charge in [-0.2, -0.15) is 13.2 Å². The Morgan fingerprint density at radius 1 is 1.45 bits per heavy atom. The molecule has 0 radical (unpaired) electrons. The third kappa shape index (κ3) is 2.66. The summed E-state index contributed by atoms with van der Waals surface area (Å²) in [5.41, 5.74) is 4.20. The molecule has 7 heteroatoms. The van der Waals surface area contributed by atoms with E-state index in [1.165, 1.54) is 18.2 Å². The lowest BCUT2D eigenvalue weighted by Gasteiger charge is -2.22. The van der Waals surface area contributed by atoms with E-state index in [9.17, 15) is 18.0 Å². The number of rotatable bonds is 4. The predicted molar refractivity (Wildman–Crippen MR) is 68.5 cm³/mol. The number of hydrogen-bond acceptors (Lipinski definition) is 4. The number of hydrogen-bond donors (Lipinski definition) is 2. The van der Waals surface area contributed by atoms with Gasteiger partial charge in [-0.05, 0) is 38.0 Å². The number of carbonyl (C=O) groups is 1. The summed E-state index contributed by atoms with van der Waals surface area (Å²) in [4.78, 5) is 11.6. The quantitative estimate of drug-likeness (QED) is 0.660. The van der Waals surface area contributed by atoms with Gasteiger partial charge in [0.25, 0.3) is 0 Å². The summed E-state index contributed by atoms with van der Waals surface area (Å²) in [5, 5.41) is 2.45. The fourth-order valence-corrected chi connectivity index (χ4v) is 1.90. The van der Waals surface area contributed by atoms with Gasteiger partial charge in [-0.1, -0.05) is 0 Å². The molecule has 110 valence electrons. The fourth-order valence-electron chi connectivity index (χ4n) is 1.90. The van der Waals surface area contributed by atoms with Crippen LogP contribution in [0.3, 0.4) is 0 Å². The van der Waals surface area contributed by atoms with Gasteiger partial charge in [0.1, 0.15) is 5.54 Å². The number of anilines is 2. The Labute approximate surface area is 114 Å². The van der Waals surface area contributed by atoms with Crippen LogP contribution in [0.5, 0.6) is 0 Å². The second kappa shape index (κ2) is 4.88. The van der Waals surface area contributed by atoms with Crippen LogP contribution in [0.2, 0.25) is 0 Å². The monoisotopic (exact) mass is 288 g/mol. The van der Waals surface area contributed by atoms with Gasteiger partial charge in [0.05, 0.1) is 12.2 Å². The number of esters is 1. The molecule has 0 bridgehead atoms. The van der Waals surface area contributed by atoms with Crippen LogP contribution >= 0.6 is 0 Å². The number of alkyl halides is 3. The Morgan fingerprint density at radius 2 is 2.10 bits per heavy atom. The molecule has 2 rings (SSSR count). The third-order valence-corrected chi connectivity index (χ3v) is 3.22. The Kier molecular flexibility index (Phi) is 3.54. The molecule has 3 N–H and O–H groups in total. The molecule has 0 spiro atoms. The normalized spacial score (nSPS) is 16.6. The van der Waals surface area contributed by atoms with Gasteiger partial charge in [-0.3, -0.25) is 0 Å². The van der Waals surface area contributed by atoms with E-state index >= 15 is 0 Å². The van der Waals surface area contributed by atoms with E-state index in [1.807, 2.05) is 0 Å². The van der Waals surface area contributed by atoms with Gasteiger partial charge >= 0.3 is 12.1 Å². The minimum Gasteiger partial charge on any atom is -0.462 e. The summed E-state index contributed by atoms with van der Waals surface area (Å²) < 4.78 is 43.4. The summed E-state index contributed by atoms with van der Waals surface area (Å²) in [6.45, 7) is 1.81. The zero-order valence-electron chi connectivity index (χ0n) is 10.9. The van der Waals surface area contributed by atoms with E-state index in [-0.39, 0.29) is 36.4 Å². The lowest BCUT2D eigenvalue weighted by molar-refractivity contribution is -0.151. The molecular formula is C13H15F3N2O2. The number of nitrogens with two attached hydrogens (primary N) is 1. The van der Waals surface area contributed by atoms with Gasteiger partial charge in [0, 0.05) is 11.4 Å². The lowest BCUT2D eigenvalue weighted by atomic mass is 10.1. The summed E-state index contributed by atoms with van der Waals surface area (Å²) in [6, 6.07) is 4.10.